The predicted octanol–water partition coefficient (Wildman–Crippen LogP) is 0.928. The zero-order valence-corrected chi connectivity index (χ0v) is 11.9. The first-order chi connectivity index (χ1) is 10.0. The Morgan fingerprint density at radius 3 is 2.52 bits per heavy atom. The van der Waals surface area contributed by atoms with Crippen LogP contribution in [0, 0.1) is 17.2 Å². The van der Waals surface area contributed by atoms with E-state index >= 15 is 0 Å². The van der Waals surface area contributed by atoms with Gasteiger partial charge in [0.25, 0.3) is 5.91 Å². The fourth-order valence-corrected chi connectivity index (χ4v) is 1.84. The number of ether oxygens (including phenoxy) is 1. The molecule has 0 saturated carbocycles. The van der Waals surface area contributed by atoms with E-state index in [1.807, 2.05) is 6.07 Å². The second kappa shape index (κ2) is 8.02. The number of carbonyl (C=O) groups is 2. The van der Waals surface area contributed by atoms with Gasteiger partial charge in [-0.1, -0.05) is 37.3 Å². The Morgan fingerprint density at radius 2 is 2.00 bits per heavy atom. The summed E-state index contributed by atoms with van der Waals surface area (Å²) in [5, 5.41) is 21.1. The number of aliphatic hydroxyl groups excluding tert-OH is 1. The highest BCUT2D eigenvalue weighted by Gasteiger charge is 2.30. The van der Waals surface area contributed by atoms with E-state index in [9.17, 15) is 14.7 Å². The van der Waals surface area contributed by atoms with Crippen molar-refractivity contribution >= 4 is 11.9 Å². The van der Waals surface area contributed by atoms with Gasteiger partial charge in [-0.2, -0.15) is 5.26 Å². The van der Waals surface area contributed by atoms with Crippen LogP contribution in [0.1, 0.15) is 25.0 Å². The Labute approximate surface area is 123 Å². The highest BCUT2D eigenvalue weighted by Crippen LogP contribution is 2.15. The number of rotatable bonds is 6. The second-order valence-electron chi connectivity index (χ2n) is 4.66. The van der Waals surface area contributed by atoms with Crippen molar-refractivity contribution in [2.75, 3.05) is 7.11 Å². The van der Waals surface area contributed by atoms with Crippen LogP contribution in [-0.2, 0) is 14.3 Å². The third kappa shape index (κ3) is 4.58. The van der Waals surface area contributed by atoms with Crippen LogP contribution in [0.4, 0.5) is 0 Å². The molecule has 112 valence electrons. The number of aliphatic hydroxyl groups is 1. The number of amides is 1. The van der Waals surface area contributed by atoms with Gasteiger partial charge in [0.05, 0.1) is 13.2 Å². The maximum absolute atomic E-state index is 12.0. The van der Waals surface area contributed by atoms with Crippen LogP contribution in [0.15, 0.2) is 30.3 Å². The number of benzene rings is 1. The molecule has 0 radical (unpaired) electrons. The fourth-order valence-electron chi connectivity index (χ4n) is 1.84. The molecular weight excluding hydrogens is 272 g/mol. The molecule has 0 aliphatic heterocycles. The number of hydrogen-bond donors (Lipinski definition) is 2. The molecule has 0 heterocycles. The number of nitrogens with zero attached hydrogens (tertiary/aromatic N) is 1. The van der Waals surface area contributed by atoms with E-state index in [-0.39, 0.29) is 6.42 Å². The lowest BCUT2D eigenvalue weighted by atomic mass is 9.98. The van der Waals surface area contributed by atoms with Gasteiger partial charge in [-0.15, -0.1) is 0 Å². The lowest BCUT2D eigenvalue weighted by Gasteiger charge is -2.22. The molecule has 1 amide bonds. The van der Waals surface area contributed by atoms with Crippen molar-refractivity contribution in [1.29, 1.82) is 5.26 Å². The van der Waals surface area contributed by atoms with E-state index in [4.69, 9.17) is 5.26 Å². The Bertz CT molecular complexity index is 524. The van der Waals surface area contributed by atoms with Crippen LogP contribution in [0.2, 0.25) is 0 Å². The molecular formula is C15H18N2O4. The number of hydrogen-bond acceptors (Lipinski definition) is 5. The molecule has 6 nitrogen and oxygen atoms in total. The van der Waals surface area contributed by atoms with Gasteiger partial charge in [-0.3, -0.25) is 4.79 Å². The highest BCUT2D eigenvalue weighted by atomic mass is 16.5. The third-order valence-electron chi connectivity index (χ3n) is 3.10. The van der Waals surface area contributed by atoms with Crippen molar-refractivity contribution in [3.63, 3.8) is 0 Å². The summed E-state index contributed by atoms with van der Waals surface area (Å²) in [6, 6.07) is 9.34. The average Bonchev–Trinajstić information content (AvgIpc) is 2.51. The molecule has 0 spiro atoms. The number of carbonyl (C=O) groups excluding carboxylic acids is 2. The molecule has 6 heteroatoms. The van der Waals surface area contributed by atoms with E-state index in [0.717, 1.165) is 0 Å². The molecule has 0 unspecified atom stereocenters. The van der Waals surface area contributed by atoms with E-state index in [2.05, 4.69) is 10.1 Å². The molecule has 21 heavy (non-hydrogen) atoms. The normalized spacial score (nSPS) is 14.4. The number of methoxy groups -OCH3 is 1. The monoisotopic (exact) mass is 290 g/mol. The summed E-state index contributed by atoms with van der Waals surface area (Å²) in [7, 11) is 1.20. The number of nitrogens with one attached hydrogen (secondary N) is 1. The van der Waals surface area contributed by atoms with Gasteiger partial charge in [0.2, 0.25) is 0 Å². The van der Waals surface area contributed by atoms with Crippen molar-refractivity contribution in [3.05, 3.63) is 35.9 Å². The third-order valence-corrected chi connectivity index (χ3v) is 3.10. The summed E-state index contributed by atoms with van der Waals surface area (Å²) >= 11 is 0. The zero-order chi connectivity index (χ0) is 15.8. The smallest absolute Gasteiger partial charge is 0.328 e. The molecule has 1 rings (SSSR count). The molecule has 0 fully saturated rings. The van der Waals surface area contributed by atoms with Crippen LogP contribution in [-0.4, -0.2) is 30.1 Å². The summed E-state index contributed by atoms with van der Waals surface area (Å²) in [6.07, 6.45) is -1.30. The van der Waals surface area contributed by atoms with Gasteiger partial charge in [-0.05, 0) is 5.56 Å². The minimum absolute atomic E-state index is 0.0848. The van der Waals surface area contributed by atoms with E-state index in [1.54, 1.807) is 37.3 Å². The topological polar surface area (TPSA) is 99.4 Å². The quantitative estimate of drug-likeness (QED) is 0.759. The average molecular weight is 290 g/mol. The molecule has 0 bridgehead atoms. The zero-order valence-electron chi connectivity index (χ0n) is 11.9. The molecule has 0 aromatic heterocycles. The summed E-state index contributed by atoms with van der Waals surface area (Å²) in [5.74, 6) is -1.78. The number of esters is 1. The first-order valence-corrected chi connectivity index (χ1v) is 6.49. The summed E-state index contributed by atoms with van der Waals surface area (Å²) in [5.41, 5.74) is 0.423. The van der Waals surface area contributed by atoms with Crippen LogP contribution in [0.3, 0.4) is 0 Å². The molecule has 1 aromatic rings. The lowest BCUT2D eigenvalue weighted by molar-refractivity contribution is -0.147. The highest BCUT2D eigenvalue weighted by molar-refractivity contribution is 5.87. The van der Waals surface area contributed by atoms with Crippen molar-refractivity contribution in [2.45, 2.75) is 25.5 Å². The van der Waals surface area contributed by atoms with Gasteiger partial charge < -0.3 is 15.2 Å². The largest absolute Gasteiger partial charge is 0.467 e. The summed E-state index contributed by atoms with van der Waals surface area (Å²) < 4.78 is 4.62. The van der Waals surface area contributed by atoms with E-state index in [0.29, 0.717) is 5.56 Å². The minimum atomic E-state index is -1.38. The van der Waals surface area contributed by atoms with Crippen molar-refractivity contribution in [3.8, 4) is 6.07 Å². The minimum Gasteiger partial charge on any atom is -0.467 e. The standard InChI is InChI=1S/C15H18N2O4/c1-10(8-9-16)12(15(20)21-2)17-14(19)13(18)11-6-4-3-5-7-11/h3-7,10,12-13,18H,8H2,1-2H3,(H,17,19)/t10-,12+,13+/m1/s1. The Kier molecular flexibility index (Phi) is 6.37. The summed E-state index contributed by atoms with van der Waals surface area (Å²) in [4.78, 5) is 23.7. The molecule has 0 aliphatic rings. The van der Waals surface area contributed by atoms with E-state index < -0.39 is 29.9 Å². The van der Waals surface area contributed by atoms with Gasteiger partial charge in [-0.25, -0.2) is 4.79 Å². The molecule has 0 aliphatic carbocycles. The Balaban J connectivity index is 2.81. The molecule has 3 atom stereocenters. The fraction of sp³-hybridized carbons (Fsp3) is 0.400. The van der Waals surface area contributed by atoms with Crippen molar-refractivity contribution in [2.24, 2.45) is 5.92 Å². The lowest BCUT2D eigenvalue weighted by Crippen LogP contribution is -2.47. The van der Waals surface area contributed by atoms with Crippen LogP contribution in [0.5, 0.6) is 0 Å². The van der Waals surface area contributed by atoms with Crippen molar-refractivity contribution in [1.82, 2.24) is 5.32 Å². The van der Waals surface area contributed by atoms with Gasteiger partial charge >= 0.3 is 5.97 Å². The van der Waals surface area contributed by atoms with Crippen LogP contribution >= 0.6 is 0 Å². The SMILES string of the molecule is COC(=O)[C@@H](NC(=O)[C@@H](O)c1ccccc1)[C@H](C)CC#N. The Hall–Kier alpha value is -2.39. The van der Waals surface area contributed by atoms with Crippen molar-refractivity contribution < 1.29 is 19.4 Å². The maximum Gasteiger partial charge on any atom is 0.328 e. The van der Waals surface area contributed by atoms with Gasteiger partial charge in [0, 0.05) is 12.3 Å². The first kappa shape index (κ1) is 16.7. The molecule has 1 aromatic carbocycles. The number of nitriles is 1. The van der Waals surface area contributed by atoms with Gasteiger partial charge in [0.1, 0.15) is 6.04 Å². The van der Waals surface area contributed by atoms with Crippen LogP contribution in [0.25, 0.3) is 0 Å². The van der Waals surface area contributed by atoms with E-state index in [1.165, 1.54) is 7.11 Å². The predicted molar refractivity (Wildman–Crippen MR) is 74.7 cm³/mol. The van der Waals surface area contributed by atoms with Gasteiger partial charge in [0.15, 0.2) is 6.10 Å². The maximum atomic E-state index is 12.0. The molecule has 2 N–H and O–H groups in total. The Morgan fingerprint density at radius 1 is 1.38 bits per heavy atom. The summed E-state index contributed by atoms with van der Waals surface area (Å²) in [6.45, 7) is 1.65. The molecule has 0 saturated heterocycles. The second-order valence-corrected chi connectivity index (χ2v) is 4.66. The van der Waals surface area contributed by atoms with Crippen LogP contribution < -0.4 is 5.32 Å². The first-order valence-electron chi connectivity index (χ1n) is 6.49.